The van der Waals surface area contributed by atoms with Crippen LogP contribution in [0.15, 0.2) is 47.5 Å². The predicted molar refractivity (Wildman–Crippen MR) is 121 cm³/mol. The number of piperazine rings is 1. The number of alkyl halides is 3. The van der Waals surface area contributed by atoms with Crippen molar-refractivity contribution < 1.29 is 26.4 Å². The molecule has 0 saturated carbocycles. The van der Waals surface area contributed by atoms with Crippen LogP contribution in [0.3, 0.4) is 0 Å². The van der Waals surface area contributed by atoms with Crippen LogP contribution in [0.1, 0.15) is 35.7 Å². The van der Waals surface area contributed by atoms with Crippen molar-refractivity contribution in [3.05, 3.63) is 53.7 Å². The molecule has 2 aromatic rings. The molecule has 0 radical (unpaired) electrons. The van der Waals surface area contributed by atoms with E-state index in [0.717, 1.165) is 25.1 Å². The number of sulfonamides is 1. The topological polar surface area (TPSA) is 73.8 Å². The van der Waals surface area contributed by atoms with Crippen LogP contribution >= 0.6 is 0 Å². The van der Waals surface area contributed by atoms with Crippen molar-refractivity contribution in [2.75, 3.05) is 44.2 Å². The van der Waals surface area contributed by atoms with Crippen molar-refractivity contribution in [3.8, 4) is 0 Å². The molecule has 1 aromatic heterocycles. The first-order valence-corrected chi connectivity index (χ1v) is 12.7. The third-order valence-electron chi connectivity index (χ3n) is 6.32. The highest BCUT2D eigenvalue weighted by atomic mass is 32.2. The lowest BCUT2D eigenvalue weighted by Gasteiger charge is -2.35. The quantitative estimate of drug-likeness (QED) is 0.648. The Kier molecular flexibility index (Phi) is 6.86. The molecule has 4 rings (SSSR count). The highest BCUT2D eigenvalue weighted by Crippen LogP contribution is 2.29. The fourth-order valence-corrected chi connectivity index (χ4v) is 5.94. The molecule has 0 aliphatic carbocycles. The largest absolute Gasteiger partial charge is 0.417 e. The lowest BCUT2D eigenvalue weighted by atomic mass is 10.0. The van der Waals surface area contributed by atoms with E-state index in [1.165, 1.54) is 34.6 Å². The van der Waals surface area contributed by atoms with Crippen LogP contribution in [-0.2, 0) is 16.2 Å². The molecule has 2 saturated heterocycles. The van der Waals surface area contributed by atoms with Gasteiger partial charge in [0.25, 0.3) is 5.91 Å². The van der Waals surface area contributed by atoms with Crippen LogP contribution < -0.4 is 4.90 Å². The number of benzene rings is 1. The predicted octanol–water partition coefficient (Wildman–Crippen LogP) is 3.48. The van der Waals surface area contributed by atoms with Gasteiger partial charge < -0.3 is 9.80 Å². The summed E-state index contributed by atoms with van der Waals surface area (Å²) in [5.74, 6) is 0.540. The zero-order chi connectivity index (χ0) is 24.5. The maximum atomic E-state index is 12.9. The average molecular weight is 497 g/mol. The van der Waals surface area contributed by atoms with Gasteiger partial charge in [0, 0.05) is 51.0 Å². The summed E-state index contributed by atoms with van der Waals surface area (Å²) in [7, 11) is -3.59. The van der Waals surface area contributed by atoms with Gasteiger partial charge in [0.05, 0.1) is 10.5 Å². The second-order valence-electron chi connectivity index (χ2n) is 8.82. The van der Waals surface area contributed by atoms with E-state index in [1.54, 1.807) is 4.90 Å². The molecule has 184 valence electrons. The van der Waals surface area contributed by atoms with E-state index < -0.39 is 21.8 Å². The normalized spacial score (nSPS) is 20.4. The zero-order valence-electron chi connectivity index (χ0n) is 18.8. The molecule has 2 fully saturated rings. The molecule has 34 heavy (non-hydrogen) atoms. The summed E-state index contributed by atoms with van der Waals surface area (Å²) in [5, 5.41) is 0. The summed E-state index contributed by atoms with van der Waals surface area (Å²) in [6, 6.07) is 8.36. The summed E-state index contributed by atoms with van der Waals surface area (Å²) in [6.45, 7) is 4.68. The molecule has 2 aliphatic rings. The van der Waals surface area contributed by atoms with Crippen LogP contribution in [0.4, 0.5) is 19.0 Å². The maximum Gasteiger partial charge on any atom is 0.417 e. The number of rotatable bonds is 4. The summed E-state index contributed by atoms with van der Waals surface area (Å²) >= 11 is 0. The third kappa shape index (κ3) is 5.20. The van der Waals surface area contributed by atoms with Gasteiger partial charge in [-0.05, 0) is 55.2 Å². The average Bonchev–Trinajstić information content (AvgIpc) is 2.83. The molecule has 1 unspecified atom stereocenters. The molecule has 7 nitrogen and oxygen atoms in total. The van der Waals surface area contributed by atoms with Crippen molar-refractivity contribution in [3.63, 3.8) is 0 Å². The van der Waals surface area contributed by atoms with Gasteiger partial charge in [-0.3, -0.25) is 4.79 Å². The number of aromatic nitrogens is 1. The van der Waals surface area contributed by atoms with Gasteiger partial charge in [0.15, 0.2) is 0 Å². The Morgan fingerprint density at radius 1 is 1.00 bits per heavy atom. The Labute approximate surface area is 197 Å². The molecular weight excluding hydrogens is 469 g/mol. The summed E-state index contributed by atoms with van der Waals surface area (Å²) in [4.78, 5) is 20.5. The van der Waals surface area contributed by atoms with Crippen molar-refractivity contribution in [1.82, 2.24) is 14.2 Å². The maximum absolute atomic E-state index is 12.9. The number of pyridine rings is 1. The molecule has 0 bridgehead atoms. The first-order chi connectivity index (χ1) is 16.1. The fraction of sp³-hybridized carbons (Fsp3) is 0.478. The van der Waals surface area contributed by atoms with Crippen LogP contribution in [0.25, 0.3) is 0 Å². The fourth-order valence-electron chi connectivity index (χ4n) is 4.35. The molecule has 3 heterocycles. The highest BCUT2D eigenvalue weighted by molar-refractivity contribution is 7.89. The first kappa shape index (κ1) is 24.5. The molecule has 2 aliphatic heterocycles. The van der Waals surface area contributed by atoms with Gasteiger partial charge in [0.1, 0.15) is 5.82 Å². The lowest BCUT2D eigenvalue weighted by Crippen LogP contribution is -2.49. The SMILES string of the molecule is CC1CCCN(S(=O)(=O)c2ccc(C(=O)N3CCN(c4ccc(C(F)(F)F)cn4)CC3)cc2)C1. The molecule has 1 aromatic carbocycles. The molecule has 1 atom stereocenters. The zero-order valence-corrected chi connectivity index (χ0v) is 19.6. The molecule has 11 heteroatoms. The number of carbonyl (C=O) groups excluding carboxylic acids is 1. The van der Waals surface area contributed by atoms with Crippen LogP contribution in [-0.4, -0.2) is 67.8 Å². The Balaban J connectivity index is 1.37. The number of halogens is 3. The number of carbonyl (C=O) groups is 1. The van der Waals surface area contributed by atoms with E-state index in [9.17, 15) is 26.4 Å². The van der Waals surface area contributed by atoms with Gasteiger partial charge in [-0.2, -0.15) is 17.5 Å². The number of nitrogens with zero attached hydrogens (tertiary/aromatic N) is 4. The monoisotopic (exact) mass is 496 g/mol. The molecule has 0 N–H and O–H groups in total. The number of hydrogen-bond acceptors (Lipinski definition) is 5. The van der Waals surface area contributed by atoms with E-state index in [2.05, 4.69) is 4.98 Å². The number of anilines is 1. The number of piperidine rings is 1. The minimum Gasteiger partial charge on any atom is -0.353 e. The van der Waals surface area contributed by atoms with Gasteiger partial charge >= 0.3 is 6.18 Å². The second kappa shape index (κ2) is 9.53. The molecule has 1 amide bonds. The van der Waals surface area contributed by atoms with Crippen LogP contribution in [0.5, 0.6) is 0 Å². The lowest BCUT2D eigenvalue weighted by molar-refractivity contribution is -0.137. The number of hydrogen-bond donors (Lipinski definition) is 0. The second-order valence-corrected chi connectivity index (χ2v) is 10.8. The Morgan fingerprint density at radius 3 is 2.24 bits per heavy atom. The minimum atomic E-state index is -4.43. The van der Waals surface area contributed by atoms with Crippen LogP contribution in [0, 0.1) is 5.92 Å². The molecule has 0 spiro atoms. The van der Waals surface area contributed by atoms with Crippen LogP contribution in [0.2, 0.25) is 0 Å². The summed E-state index contributed by atoms with van der Waals surface area (Å²) in [6.07, 6.45) is -1.77. The van der Waals surface area contributed by atoms with Gasteiger partial charge in [-0.1, -0.05) is 6.92 Å². The van der Waals surface area contributed by atoms with E-state index >= 15 is 0 Å². The Morgan fingerprint density at radius 2 is 1.68 bits per heavy atom. The summed E-state index contributed by atoms with van der Waals surface area (Å²) in [5.41, 5.74) is -0.405. The van der Waals surface area contributed by atoms with E-state index in [0.29, 0.717) is 56.6 Å². The minimum absolute atomic E-state index is 0.177. The van der Waals surface area contributed by atoms with E-state index in [4.69, 9.17) is 0 Å². The van der Waals surface area contributed by atoms with Crippen molar-refractivity contribution in [2.45, 2.75) is 30.8 Å². The number of amides is 1. The van der Waals surface area contributed by atoms with Gasteiger partial charge in [-0.25, -0.2) is 13.4 Å². The van der Waals surface area contributed by atoms with Crippen molar-refractivity contribution in [1.29, 1.82) is 0 Å². The Hall–Kier alpha value is -2.66. The third-order valence-corrected chi connectivity index (χ3v) is 8.20. The van der Waals surface area contributed by atoms with Crippen molar-refractivity contribution in [2.24, 2.45) is 5.92 Å². The highest BCUT2D eigenvalue weighted by Gasteiger charge is 2.32. The van der Waals surface area contributed by atoms with E-state index in [-0.39, 0.29) is 10.8 Å². The smallest absolute Gasteiger partial charge is 0.353 e. The van der Waals surface area contributed by atoms with Crippen molar-refractivity contribution >= 4 is 21.7 Å². The first-order valence-electron chi connectivity index (χ1n) is 11.2. The summed E-state index contributed by atoms with van der Waals surface area (Å²) < 4.78 is 65.5. The van der Waals surface area contributed by atoms with E-state index in [1.807, 2.05) is 11.8 Å². The standard InChI is InChI=1S/C23H27F3N4O3S/c1-17-3-2-10-30(16-17)34(32,33)20-7-4-18(5-8-20)22(31)29-13-11-28(12-14-29)21-9-6-19(15-27-21)23(24,25)26/h4-9,15,17H,2-3,10-14,16H2,1H3. The van der Waals surface area contributed by atoms with Gasteiger partial charge in [-0.15, -0.1) is 0 Å². The molecular formula is C23H27F3N4O3S. The van der Waals surface area contributed by atoms with Gasteiger partial charge in [0.2, 0.25) is 10.0 Å². The Bertz CT molecular complexity index is 1110.